The van der Waals surface area contributed by atoms with Crippen LogP contribution in [0.25, 0.3) is 0 Å². The maximum Gasteiger partial charge on any atom is 0.239 e. The second-order valence-corrected chi connectivity index (χ2v) is 8.07. The van der Waals surface area contributed by atoms with Crippen molar-refractivity contribution in [2.45, 2.75) is 46.6 Å². The predicted octanol–water partition coefficient (Wildman–Crippen LogP) is 4.36. The van der Waals surface area contributed by atoms with Crippen LogP contribution in [0, 0.1) is 5.41 Å². The van der Waals surface area contributed by atoms with Gasteiger partial charge in [0.2, 0.25) is 11.8 Å². The standard InChI is InChI=1S/C23H28N2O2/c1-16(2)19-11-7-8-12-20(19)24-21(26)23(3,4)22(27)25-14-13-17-9-5-6-10-18(17)15-25/h5-12,16H,13-15H2,1-4H3,(H,24,26). The highest BCUT2D eigenvalue weighted by Crippen LogP contribution is 2.29. The van der Waals surface area contributed by atoms with Gasteiger partial charge in [0.15, 0.2) is 0 Å². The van der Waals surface area contributed by atoms with Crippen molar-refractivity contribution in [2.75, 3.05) is 11.9 Å². The Hall–Kier alpha value is -2.62. The van der Waals surface area contributed by atoms with E-state index in [2.05, 4.69) is 31.3 Å². The molecule has 0 bridgehead atoms. The molecule has 0 atom stereocenters. The van der Waals surface area contributed by atoms with E-state index < -0.39 is 5.41 Å². The predicted molar refractivity (Wildman–Crippen MR) is 109 cm³/mol. The highest BCUT2D eigenvalue weighted by molar-refractivity contribution is 6.10. The molecule has 2 amide bonds. The van der Waals surface area contributed by atoms with Gasteiger partial charge in [-0.25, -0.2) is 0 Å². The van der Waals surface area contributed by atoms with Gasteiger partial charge in [0.05, 0.1) is 0 Å². The van der Waals surface area contributed by atoms with Crippen molar-refractivity contribution in [2.24, 2.45) is 5.41 Å². The van der Waals surface area contributed by atoms with Crippen LogP contribution in [0.2, 0.25) is 0 Å². The summed E-state index contributed by atoms with van der Waals surface area (Å²) in [5.74, 6) is -0.102. The SMILES string of the molecule is CC(C)c1ccccc1NC(=O)C(C)(C)C(=O)N1CCc2ccccc2C1. The largest absolute Gasteiger partial charge is 0.337 e. The number of hydrogen-bond donors (Lipinski definition) is 1. The molecule has 1 aliphatic rings. The highest BCUT2D eigenvalue weighted by atomic mass is 16.2. The van der Waals surface area contributed by atoms with Crippen LogP contribution in [0.1, 0.15) is 50.3 Å². The van der Waals surface area contributed by atoms with Crippen molar-refractivity contribution in [3.05, 3.63) is 65.2 Å². The minimum atomic E-state index is -1.13. The summed E-state index contributed by atoms with van der Waals surface area (Å²) in [6.45, 7) is 8.81. The Kier molecular flexibility index (Phi) is 5.36. The lowest BCUT2D eigenvalue weighted by Gasteiger charge is -2.34. The number of nitrogens with one attached hydrogen (secondary N) is 1. The molecular formula is C23H28N2O2. The van der Waals surface area contributed by atoms with Crippen LogP contribution in [0.15, 0.2) is 48.5 Å². The zero-order chi connectivity index (χ0) is 19.6. The topological polar surface area (TPSA) is 49.4 Å². The second kappa shape index (κ2) is 7.55. The van der Waals surface area contributed by atoms with E-state index in [9.17, 15) is 9.59 Å². The molecule has 0 saturated heterocycles. The van der Waals surface area contributed by atoms with Gasteiger partial charge in [-0.3, -0.25) is 9.59 Å². The van der Waals surface area contributed by atoms with Gasteiger partial charge in [0.1, 0.15) is 5.41 Å². The van der Waals surface area contributed by atoms with Crippen molar-refractivity contribution in [1.29, 1.82) is 0 Å². The minimum Gasteiger partial charge on any atom is -0.337 e. The van der Waals surface area contributed by atoms with E-state index in [1.165, 1.54) is 11.1 Å². The van der Waals surface area contributed by atoms with Crippen LogP contribution in [-0.4, -0.2) is 23.3 Å². The van der Waals surface area contributed by atoms with Crippen LogP contribution in [0.5, 0.6) is 0 Å². The summed E-state index contributed by atoms with van der Waals surface area (Å²) in [4.78, 5) is 27.9. The third-order valence-corrected chi connectivity index (χ3v) is 5.35. The van der Waals surface area contributed by atoms with Crippen molar-refractivity contribution in [3.8, 4) is 0 Å². The maximum atomic E-state index is 13.1. The Balaban J connectivity index is 1.76. The van der Waals surface area contributed by atoms with Crippen molar-refractivity contribution >= 4 is 17.5 Å². The first kappa shape index (κ1) is 19.2. The van der Waals surface area contributed by atoms with Crippen molar-refractivity contribution in [1.82, 2.24) is 4.90 Å². The van der Waals surface area contributed by atoms with Gasteiger partial charge in [-0.1, -0.05) is 56.3 Å². The summed E-state index contributed by atoms with van der Waals surface area (Å²) in [7, 11) is 0. The molecule has 0 saturated carbocycles. The molecule has 0 aliphatic carbocycles. The van der Waals surface area contributed by atoms with Gasteiger partial charge in [-0.2, -0.15) is 0 Å². The average molecular weight is 364 g/mol. The Labute approximate surface area is 161 Å². The highest BCUT2D eigenvalue weighted by Gasteiger charge is 2.40. The number of carbonyl (C=O) groups excluding carboxylic acids is 2. The lowest BCUT2D eigenvalue weighted by atomic mass is 9.88. The molecule has 2 aromatic carbocycles. The summed E-state index contributed by atoms with van der Waals surface area (Å²) >= 11 is 0. The summed E-state index contributed by atoms with van der Waals surface area (Å²) in [6.07, 6.45) is 0.829. The molecule has 27 heavy (non-hydrogen) atoms. The van der Waals surface area contributed by atoms with Crippen LogP contribution in [0.4, 0.5) is 5.69 Å². The quantitative estimate of drug-likeness (QED) is 0.820. The molecular weight excluding hydrogens is 336 g/mol. The zero-order valence-electron chi connectivity index (χ0n) is 16.6. The van der Waals surface area contributed by atoms with E-state index in [4.69, 9.17) is 0 Å². The molecule has 1 aliphatic heterocycles. The number of amides is 2. The van der Waals surface area contributed by atoms with Gasteiger partial charge in [0.25, 0.3) is 0 Å². The van der Waals surface area contributed by atoms with Crippen LogP contribution in [0.3, 0.4) is 0 Å². The molecule has 0 radical (unpaired) electrons. The van der Waals surface area contributed by atoms with E-state index in [1.54, 1.807) is 18.7 Å². The summed E-state index contributed by atoms with van der Waals surface area (Å²) in [5.41, 5.74) is 3.17. The number of fused-ring (bicyclic) bond motifs is 1. The lowest BCUT2D eigenvalue weighted by Crippen LogP contribution is -2.48. The van der Waals surface area contributed by atoms with E-state index >= 15 is 0 Å². The maximum absolute atomic E-state index is 13.1. The van der Waals surface area contributed by atoms with Crippen LogP contribution >= 0.6 is 0 Å². The summed E-state index contributed by atoms with van der Waals surface area (Å²) in [5, 5.41) is 2.98. The number of nitrogens with zero attached hydrogens (tertiary/aromatic N) is 1. The molecule has 4 heteroatoms. The fourth-order valence-electron chi connectivity index (χ4n) is 3.55. The molecule has 2 aromatic rings. The molecule has 0 aromatic heterocycles. The van der Waals surface area contributed by atoms with Crippen molar-refractivity contribution < 1.29 is 9.59 Å². The Bertz CT molecular complexity index is 855. The van der Waals surface area contributed by atoms with Gasteiger partial charge in [-0.15, -0.1) is 0 Å². The van der Waals surface area contributed by atoms with E-state index in [1.807, 2.05) is 36.4 Å². The number of hydrogen-bond acceptors (Lipinski definition) is 2. The van der Waals surface area contributed by atoms with E-state index in [-0.39, 0.29) is 11.8 Å². The monoisotopic (exact) mass is 364 g/mol. The molecule has 1 N–H and O–H groups in total. The Morgan fingerprint density at radius 3 is 2.33 bits per heavy atom. The number of benzene rings is 2. The molecule has 3 rings (SSSR count). The number of carbonyl (C=O) groups is 2. The summed E-state index contributed by atoms with van der Waals surface area (Å²) < 4.78 is 0. The van der Waals surface area contributed by atoms with E-state index in [0.717, 1.165) is 17.7 Å². The summed E-state index contributed by atoms with van der Waals surface area (Å²) in [6, 6.07) is 16.0. The fraction of sp³-hybridized carbons (Fsp3) is 0.391. The van der Waals surface area contributed by atoms with Crippen LogP contribution < -0.4 is 5.32 Å². The van der Waals surface area contributed by atoms with E-state index in [0.29, 0.717) is 19.0 Å². The number of anilines is 1. The Morgan fingerprint density at radius 2 is 1.63 bits per heavy atom. The fourth-order valence-corrected chi connectivity index (χ4v) is 3.55. The second-order valence-electron chi connectivity index (χ2n) is 8.07. The third kappa shape index (κ3) is 3.90. The molecule has 142 valence electrons. The Morgan fingerprint density at radius 1 is 1.00 bits per heavy atom. The first-order valence-corrected chi connectivity index (χ1v) is 9.57. The molecule has 0 unspecified atom stereocenters. The zero-order valence-corrected chi connectivity index (χ0v) is 16.6. The number of para-hydroxylation sites is 1. The van der Waals surface area contributed by atoms with Crippen LogP contribution in [-0.2, 0) is 22.6 Å². The van der Waals surface area contributed by atoms with Gasteiger partial charge in [-0.05, 0) is 48.9 Å². The van der Waals surface area contributed by atoms with Gasteiger partial charge >= 0.3 is 0 Å². The normalized spacial score (nSPS) is 14.0. The molecule has 0 fully saturated rings. The first-order valence-electron chi connectivity index (χ1n) is 9.57. The molecule has 1 heterocycles. The van der Waals surface area contributed by atoms with Gasteiger partial charge in [0, 0.05) is 18.8 Å². The average Bonchev–Trinajstić information content (AvgIpc) is 2.67. The van der Waals surface area contributed by atoms with Crippen molar-refractivity contribution in [3.63, 3.8) is 0 Å². The molecule has 0 spiro atoms. The molecule has 4 nitrogen and oxygen atoms in total. The smallest absolute Gasteiger partial charge is 0.239 e. The third-order valence-electron chi connectivity index (χ3n) is 5.35. The van der Waals surface area contributed by atoms with Gasteiger partial charge < -0.3 is 10.2 Å². The lowest BCUT2D eigenvalue weighted by molar-refractivity contribution is -0.147. The number of rotatable bonds is 4. The minimum absolute atomic E-state index is 0.128. The first-order chi connectivity index (χ1) is 12.8.